The molecule has 0 aromatic heterocycles. The smallest absolute Gasteiger partial charge is 0.419 e. The van der Waals surface area contributed by atoms with Gasteiger partial charge in [-0.05, 0) is 25.6 Å². The Labute approximate surface area is 117 Å². The number of hydrogen-bond acceptors (Lipinski definition) is 2. The van der Waals surface area contributed by atoms with E-state index in [9.17, 15) is 13.2 Å². The van der Waals surface area contributed by atoms with Crippen molar-refractivity contribution in [1.82, 2.24) is 5.32 Å². The lowest BCUT2D eigenvalue weighted by Crippen LogP contribution is -2.62. The fourth-order valence-corrected chi connectivity index (χ4v) is 2.88. The lowest BCUT2D eigenvalue weighted by Gasteiger charge is -2.53. The summed E-state index contributed by atoms with van der Waals surface area (Å²) in [7, 11) is 1.87. The van der Waals surface area contributed by atoms with Crippen molar-refractivity contribution in [3.8, 4) is 5.75 Å². The van der Waals surface area contributed by atoms with E-state index in [4.69, 9.17) is 4.74 Å². The molecule has 5 heteroatoms. The molecule has 112 valence electrons. The zero-order valence-electron chi connectivity index (χ0n) is 11.9. The topological polar surface area (TPSA) is 21.3 Å². The molecule has 0 bridgehead atoms. The average molecular weight is 287 g/mol. The molecule has 1 aromatic carbocycles. The molecule has 1 fully saturated rings. The lowest BCUT2D eigenvalue weighted by atomic mass is 9.61. The standard InChI is InChI=1S/C15H20F3NO/c1-4-14(2)12(19-3)9-13(14)20-11-8-6-5-7-10(11)15(16,17)18/h5-8,12-13,19H,4,9H2,1-3H3. The Morgan fingerprint density at radius 2 is 2.00 bits per heavy atom. The monoisotopic (exact) mass is 287 g/mol. The number of alkyl halides is 3. The summed E-state index contributed by atoms with van der Waals surface area (Å²) in [6, 6.07) is 5.70. The molecule has 0 saturated heterocycles. The highest BCUT2D eigenvalue weighted by Crippen LogP contribution is 2.47. The number of nitrogens with one attached hydrogen (secondary N) is 1. The Morgan fingerprint density at radius 1 is 1.35 bits per heavy atom. The van der Waals surface area contributed by atoms with Crippen molar-refractivity contribution in [1.29, 1.82) is 0 Å². The molecule has 1 aliphatic rings. The van der Waals surface area contributed by atoms with Gasteiger partial charge in [-0.25, -0.2) is 0 Å². The highest BCUT2D eigenvalue weighted by atomic mass is 19.4. The number of ether oxygens (including phenoxy) is 1. The van der Waals surface area contributed by atoms with Crippen LogP contribution in [0, 0.1) is 5.41 Å². The first-order valence-electron chi connectivity index (χ1n) is 6.83. The Balaban J connectivity index is 2.20. The minimum Gasteiger partial charge on any atom is -0.489 e. The Kier molecular flexibility index (Phi) is 4.00. The highest BCUT2D eigenvalue weighted by Gasteiger charge is 2.52. The van der Waals surface area contributed by atoms with Gasteiger partial charge in [-0.2, -0.15) is 13.2 Å². The van der Waals surface area contributed by atoms with Crippen LogP contribution >= 0.6 is 0 Å². The van der Waals surface area contributed by atoms with Crippen LogP contribution in [0.5, 0.6) is 5.75 Å². The van der Waals surface area contributed by atoms with E-state index < -0.39 is 11.7 Å². The third-order valence-electron chi connectivity index (χ3n) is 4.55. The maximum absolute atomic E-state index is 12.9. The van der Waals surface area contributed by atoms with Gasteiger partial charge in [-0.1, -0.05) is 26.0 Å². The number of benzene rings is 1. The summed E-state index contributed by atoms with van der Waals surface area (Å²) in [6.45, 7) is 4.09. The van der Waals surface area contributed by atoms with Crippen LogP contribution in [0.1, 0.15) is 32.3 Å². The maximum Gasteiger partial charge on any atom is 0.419 e. The van der Waals surface area contributed by atoms with Crippen LogP contribution in [-0.2, 0) is 6.18 Å². The fourth-order valence-electron chi connectivity index (χ4n) is 2.88. The highest BCUT2D eigenvalue weighted by molar-refractivity contribution is 5.36. The molecule has 3 unspecified atom stereocenters. The van der Waals surface area contributed by atoms with Gasteiger partial charge in [-0.3, -0.25) is 0 Å². The Morgan fingerprint density at radius 3 is 2.55 bits per heavy atom. The SMILES string of the molecule is CCC1(C)C(NC)CC1Oc1ccccc1C(F)(F)F. The molecule has 0 amide bonds. The van der Waals surface area contributed by atoms with E-state index in [1.165, 1.54) is 12.1 Å². The molecular formula is C15H20F3NO. The second kappa shape index (κ2) is 5.28. The Hall–Kier alpha value is -1.23. The zero-order valence-corrected chi connectivity index (χ0v) is 11.9. The summed E-state index contributed by atoms with van der Waals surface area (Å²) in [4.78, 5) is 0. The van der Waals surface area contributed by atoms with E-state index in [1.54, 1.807) is 6.07 Å². The first-order valence-corrected chi connectivity index (χ1v) is 6.83. The molecule has 2 nitrogen and oxygen atoms in total. The molecule has 1 aliphatic carbocycles. The van der Waals surface area contributed by atoms with E-state index in [0.717, 1.165) is 18.9 Å². The number of halogens is 3. The van der Waals surface area contributed by atoms with E-state index >= 15 is 0 Å². The molecule has 1 N–H and O–H groups in total. The maximum atomic E-state index is 12.9. The van der Waals surface area contributed by atoms with Gasteiger partial charge in [0.2, 0.25) is 0 Å². The van der Waals surface area contributed by atoms with Gasteiger partial charge >= 0.3 is 6.18 Å². The first kappa shape index (κ1) is 15.2. The van der Waals surface area contributed by atoms with Gasteiger partial charge in [0.05, 0.1) is 5.56 Å². The van der Waals surface area contributed by atoms with Crippen LogP contribution in [0.2, 0.25) is 0 Å². The predicted octanol–water partition coefficient (Wildman–Crippen LogP) is 3.86. The van der Waals surface area contributed by atoms with Crippen LogP contribution in [0.15, 0.2) is 24.3 Å². The summed E-state index contributed by atoms with van der Waals surface area (Å²) >= 11 is 0. The molecule has 1 aromatic rings. The molecular weight excluding hydrogens is 267 g/mol. The minimum absolute atomic E-state index is 0.0702. The van der Waals surface area contributed by atoms with E-state index in [1.807, 2.05) is 14.0 Å². The van der Waals surface area contributed by atoms with Crippen LogP contribution in [-0.4, -0.2) is 19.2 Å². The molecule has 0 spiro atoms. The molecule has 0 heterocycles. The molecule has 20 heavy (non-hydrogen) atoms. The van der Waals surface area contributed by atoms with Crippen LogP contribution in [0.4, 0.5) is 13.2 Å². The second-order valence-corrected chi connectivity index (χ2v) is 5.54. The largest absolute Gasteiger partial charge is 0.489 e. The van der Waals surface area contributed by atoms with Crippen molar-refractivity contribution < 1.29 is 17.9 Å². The summed E-state index contributed by atoms with van der Waals surface area (Å²) < 4.78 is 44.5. The molecule has 0 aliphatic heterocycles. The van der Waals surface area contributed by atoms with E-state index in [2.05, 4.69) is 12.2 Å². The van der Waals surface area contributed by atoms with Crippen LogP contribution < -0.4 is 10.1 Å². The Bertz CT molecular complexity index is 474. The third kappa shape index (κ3) is 2.51. The van der Waals surface area contributed by atoms with Gasteiger partial charge in [0.15, 0.2) is 0 Å². The summed E-state index contributed by atoms with van der Waals surface area (Å²) in [5.41, 5.74) is -0.834. The van der Waals surface area contributed by atoms with E-state index in [-0.39, 0.29) is 23.3 Å². The zero-order chi connectivity index (χ0) is 15.0. The first-order chi connectivity index (χ1) is 9.32. The number of rotatable bonds is 4. The van der Waals surface area contributed by atoms with Crippen molar-refractivity contribution in [2.45, 2.75) is 45.0 Å². The van der Waals surface area contributed by atoms with Crippen LogP contribution in [0.25, 0.3) is 0 Å². The summed E-state index contributed by atoms with van der Waals surface area (Å²) in [5, 5.41) is 3.20. The van der Waals surface area contributed by atoms with Crippen molar-refractivity contribution in [3.05, 3.63) is 29.8 Å². The molecule has 0 radical (unpaired) electrons. The van der Waals surface area contributed by atoms with Crippen molar-refractivity contribution in [2.75, 3.05) is 7.05 Å². The lowest BCUT2D eigenvalue weighted by molar-refractivity contribution is -0.141. The van der Waals surface area contributed by atoms with Crippen molar-refractivity contribution >= 4 is 0 Å². The van der Waals surface area contributed by atoms with Crippen molar-refractivity contribution in [2.24, 2.45) is 5.41 Å². The van der Waals surface area contributed by atoms with Crippen LogP contribution in [0.3, 0.4) is 0 Å². The average Bonchev–Trinajstić information content (AvgIpc) is 2.41. The third-order valence-corrected chi connectivity index (χ3v) is 4.55. The molecule has 3 atom stereocenters. The quantitative estimate of drug-likeness (QED) is 0.908. The number of hydrogen-bond donors (Lipinski definition) is 1. The van der Waals surface area contributed by atoms with E-state index in [0.29, 0.717) is 0 Å². The molecule has 1 saturated carbocycles. The fraction of sp³-hybridized carbons (Fsp3) is 0.600. The van der Waals surface area contributed by atoms with Gasteiger partial charge < -0.3 is 10.1 Å². The van der Waals surface area contributed by atoms with Gasteiger partial charge in [0.25, 0.3) is 0 Å². The van der Waals surface area contributed by atoms with Crippen molar-refractivity contribution in [3.63, 3.8) is 0 Å². The summed E-state index contributed by atoms with van der Waals surface area (Å²) in [6.07, 6.45) is -2.98. The normalized spacial score (nSPS) is 29.9. The van der Waals surface area contributed by atoms with Gasteiger partial charge in [-0.15, -0.1) is 0 Å². The minimum atomic E-state index is -4.38. The summed E-state index contributed by atoms with van der Waals surface area (Å²) in [5.74, 6) is -0.0702. The second-order valence-electron chi connectivity index (χ2n) is 5.54. The van der Waals surface area contributed by atoms with Gasteiger partial charge in [0, 0.05) is 17.9 Å². The molecule has 2 rings (SSSR count). The predicted molar refractivity (Wildman–Crippen MR) is 71.7 cm³/mol. The number of para-hydroxylation sites is 1. The van der Waals surface area contributed by atoms with Gasteiger partial charge in [0.1, 0.15) is 11.9 Å².